The van der Waals surface area contributed by atoms with Crippen LogP contribution in [0.1, 0.15) is 11.3 Å². The molecule has 0 aliphatic heterocycles. The van der Waals surface area contributed by atoms with Gasteiger partial charge in [0.1, 0.15) is 5.76 Å². The van der Waals surface area contributed by atoms with E-state index in [4.69, 9.17) is 10.2 Å². The average Bonchev–Trinajstić information content (AvgIpc) is 2.44. The number of hydrogen-bond acceptors (Lipinski definition) is 2. The van der Waals surface area contributed by atoms with E-state index >= 15 is 0 Å². The minimum atomic E-state index is -0.364. The Morgan fingerprint density at radius 1 is 1.50 bits per heavy atom. The summed E-state index contributed by atoms with van der Waals surface area (Å²) in [6.45, 7) is 2.16. The summed E-state index contributed by atoms with van der Waals surface area (Å²) in [6, 6.07) is 3.21. The van der Waals surface area contributed by atoms with Gasteiger partial charge in [-0.1, -0.05) is 15.9 Å². The number of rotatable bonds is 1. The molecule has 0 aliphatic rings. The predicted molar refractivity (Wildman–Crippen MR) is 56.5 cm³/mol. The minimum Gasteiger partial charge on any atom is -0.456 e. The highest BCUT2D eigenvalue weighted by Gasteiger charge is 2.13. The summed E-state index contributed by atoms with van der Waals surface area (Å²) in [5.41, 5.74) is 6.66. The molecule has 0 unspecified atom stereocenters. The fourth-order valence-electron chi connectivity index (χ4n) is 1.49. The van der Waals surface area contributed by atoms with Crippen molar-refractivity contribution in [3.05, 3.63) is 33.7 Å². The molecule has 1 aromatic carbocycles. The SMILES string of the molecule is Cc1c(CN)oc2c(F)cc(Br)cc12. The van der Waals surface area contributed by atoms with Crippen molar-refractivity contribution in [1.29, 1.82) is 0 Å². The van der Waals surface area contributed by atoms with Crippen LogP contribution in [-0.2, 0) is 6.54 Å². The van der Waals surface area contributed by atoms with Gasteiger partial charge in [-0.25, -0.2) is 4.39 Å². The fourth-order valence-corrected chi connectivity index (χ4v) is 1.92. The number of halogens is 2. The molecule has 2 aromatic rings. The Bertz CT molecular complexity index is 492. The monoisotopic (exact) mass is 257 g/mol. The number of nitrogens with two attached hydrogens (primary N) is 1. The van der Waals surface area contributed by atoms with Crippen LogP contribution in [0.25, 0.3) is 11.0 Å². The van der Waals surface area contributed by atoms with Crippen molar-refractivity contribution in [2.75, 3.05) is 0 Å². The van der Waals surface area contributed by atoms with Crippen molar-refractivity contribution in [3.8, 4) is 0 Å². The Balaban J connectivity index is 2.85. The highest BCUT2D eigenvalue weighted by molar-refractivity contribution is 9.10. The zero-order valence-corrected chi connectivity index (χ0v) is 9.19. The zero-order chi connectivity index (χ0) is 10.3. The Morgan fingerprint density at radius 2 is 2.21 bits per heavy atom. The van der Waals surface area contributed by atoms with Gasteiger partial charge in [-0.3, -0.25) is 0 Å². The topological polar surface area (TPSA) is 39.2 Å². The van der Waals surface area contributed by atoms with Gasteiger partial charge in [0.15, 0.2) is 11.4 Å². The maximum absolute atomic E-state index is 13.4. The van der Waals surface area contributed by atoms with Crippen molar-refractivity contribution < 1.29 is 8.81 Å². The van der Waals surface area contributed by atoms with Gasteiger partial charge in [0.25, 0.3) is 0 Å². The molecule has 1 aromatic heterocycles. The number of furan rings is 1. The molecule has 0 amide bonds. The Hall–Kier alpha value is -0.870. The van der Waals surface area contributed by atoms with Crippen LogP contribution in [0.15, 0.2) is 21.0 Å². The van der Waals surface area contributed by atoms with E-state index in [0.717, 1.165) is 10.9 Å². The van der Waals surface area contributed by atoms with E-state index in [1.54, 1.807) is 0 Å². The smallest absolute Gasteiger partial charge is 0.170 e. The number of aryl methyl sites for hydroxylation is 1. The van der Waals surface area contributed by atoms with Crippen molar-refractivity contribution in [2.45, 2.75) is 13.5 Å². The molecule has 2 rings (SSSR count). The van der Waals surface area contributed by atoms with E-state index < -0.39 is 0 Å². The number of benzene rings is 1. The summed E-state index contributed by atoms with van der Waals surface area (Å²) in [6.07, 6.45) is 0. The molecule has 0 aliphatic carbocycles. The molecule has 14 heavy (non-hydrogen) atoms. The highest BCUT2D eigenvalue weighted by Crippen LogP contribution is 2.30. The molecule has 1 heterocycles. The van der Waals surface area contributed by atoms with Gasteiger partial charge in [-0.2, -0.15) is 0 Å². The Morgan fingerprint density at radius 3 is 2.86 bits per heavy atom. The molecule has 0 spiro atoms. The second-order valence-electron chi connectivity index (χ2n) is 3.12. The maximum atomic E-state index is 13.4. The molecule has 0 bridgehead atoms. The lowest BCUT2D eigenvalue weighted by molar-refractivity contribution is 0.519. The first-order valence-electron chi connectivity index (χ1n) is 4.20. The molecule has 0 fully saturated rings. The van der Waals surface area contributed by atoms with Crippen LogP contribution in [0.3, 0.4) is 0 Å². The molecule has 74 valence electrons. The standard InChI is InChI=1S/C10H9BrFNO/c1-5-7-2-6(11)3-8(12)10(7)14-9(5)4-13/h2-3H,4,13H2,1H3. The van der Waals surface area contributed by atoms with Gasteiger partial charge in [0.05, 0.1) is 6.54 Å². The summed E-state index contributed by atoms with van der Waals surface area (Å²) < 4.78 is 19.4. The molecule has 0 saturated carbocycles. The van der Waals surface area contributed by atoms with Crippen LogP contribution in [-0.4, -0.2) is 0 Å². The third kappa shape index (κ3) is 1.35. The van der Waals surface area contributed by atoms with Gasteiger partial charge in [0.2, 0.25) is 0 Å². The van der Waals surface area contributed by atoms with Gasteiger partial charge < -0.3 is 10.2 Å². The molecule has 0 atom stereocenters. The minimum absolute atomic E-state index is 0.283. The molecular formula is C10H9BrFNO. The van der Waals surface area contributed by atoms with E-state index in [1.165, 1.54) is 6.07 Å². The summed E-state index contributed by atoms with van der Waals surface area (Å²) in [7, 11) is 0. The summed E-state index contributed by atoms with van der Waals surface area (Å²) in [4.78, 5) is 0. The van der Waals surface area contributed by atoms with Crippen LogP contribution < -0.4 is 5.73 Å². The van der Waals surface area contributed by atoms with Crippen LogP contribution in [0.5, 0.6) is 0 Å². The highest BCUT2D eigenvalue weighted by atomic mass is 79.9. The number of hydrogen-bond donors (Lipinski definition) is 1. The lowest BCUT2D eigenvalue weighted by atomic mass is 10.1. The summed E-state index contributed by atoms with van der Waals surface area (Å²) >= 11 is 3.24. The van der Waals surface area contributed by atoms with Gasteiger partial charge in [0, 0.05) is 9.86 Å². The Kier molecular flexibility index (Phi) is 2.33. The zero-order valence-electron chi connectivity index (χ0n) is 7.60. The van der Waals surface area contributed by atoms with Gasteiger partial charge in [-0.05, 0) is 24.6 Å². The van der Waals surface area contributed by atoms with Crippen LogP contribution in [0.2, 0.25) is 0 Å². The first-order chi connectivity index (χ1) is 6.63. The lowest BCUT2D eigenvalue weighted by Crippen LogP contribution is -1.95. The molecule has 2 nitrogen and oxygen atoms in total. The first kappa shape index (κ1) is 9.68. The van der Waals surface area contributed by atoms with Crippen LogP contribution >= 0.6 is 15.9 Å². The summed E-state index contributed by atoms with van der Waals surface area (Å²) in [5, 5.41) is 0.775. The quantitative estimate of drug-likeness (QED) is 0.853. The van der Waals surface area contributed by atoms with Crippen molar-refractivity contribution in [3.63, 3.8) is 0 Å². The number of fused-ring (bicyclic) bond motifs is 1. The molecule has 0 radical (unpaired) electrons. The lowest BCUT2D eigenvalue weighted by Gasteiger charge is -1.93. The van der Waals surface area contributed by atoms with Crippen molar-refractivity contribution in [2.24, 2.45) is 5.73 Å². The first-order valence-corrected chi connectivity index (χ1v) is 5.00. The molecular weight excluding hydrogens is 249 g/mol. The second kappa shape index (κ2) is 3.37. The summed E-state index contributed by atoms with van der Waals surface area (Å²) in [5.74, 6) is 0.272. The van der Waals surface area contributed by atoms with Crippen LogP contribution in [0, 0.1) is 12.7 Å². The molecule has 0 saturated heterocycles. The van der Waals surface area contributed by atoms with Gasteiger partial charge >= 0.3 is 0 Å². The fraction of sp³-hybridized carbons (Fsp3) is 0.200. The van der Waals surface area contributed by atoms with E-state index in [2.05, 4.69) is 15.9 Å². The van der Waals surface area contributed by atoms with Gasteiger partial charge in [-0.15, -0.1) is 0 Å². The normalized spacial score (nSPS) is 11.1. The molecule has 2 N–H and O–H groups in total. The Labute approximate surface area is 89.0 Å². The largest absolute Gasteiger partial charge is 0.456 e. The van der Waals surface area contributed by atoms with Crippen molar-refractivity contribution >= 4 is 26.9 Å². The van der Waals surface area contributed by atoms with E-state index in [1.807, 2.05) is 13.0 Å². The van der Waals surface area contributed by atoms with Crippen LogP contribution in [0.4, 0.5) is 4.39 Å². The maximum Gasteiger partial charge on any atom is 0.170 e. The van der Waals surface area contributed by atoms with E-state index in [-0.39, 0.29) is 17.9 Å². The van der Waals surface area contributed by atoms with Crippen molar-refractivity contribution in [1.82, 2.24) is 0 Å². The third-order valence-electron chi connectivity index (χ3n) is 2.24. The van der Waals surface area contributed by atoms with E-state index in [0.29, 0.717) is 10.2 Å². The molecule has 4 heteroatoms. The third-order valence-corrected chi connectivity index (χ3v) is 2.70. The van der Waals surface area contributed by atoms with E-state index in [9.17, 15) is 4.39 Å². The second-order valence-corrected chi connectivity index (χ2v) is 4.03. The predicted octanol–water partition coefficient (Wildman–Crippen LogP) is 3.10. The average molecular weight is 258 g/mol.